The summed E-state index contributed by atoms with van der Waals surface area (Å²) in [6, 6.07) is 0. The van der Waals surface area contributed by atoms with E-state index in [4.69, 9.17) is 4.74 Å². The molecule has 1 atom stereocenters. The molecule has 4 heteroatoms. The molecule has 0 amide bonds. The standard InChI is InChI=1S/C14H27NO2S/c1-4-9-15-14(12-7-8-12,11-18-10-5-2)13(16)17-6-3/h12,15H,4-11H2,1-3H3. The highest BCUT2D eigenvalue weighted by molar-refractivity contribution is 7.99. The van der Waals surface area contributed by atoms with E-state index in [2.05, 4.69) is 19.2 Å². The van der Waals surface area contributed by atoms with Crippen LogP contribution in [0.15, 0.2) is 0 Å². The minimum atomic E-state index is -0.425. The third kappa shape index (κ3) is 4.16. The molecule has 1 saturated carbocycles. The van der Waals surface area contributed by atoms with Crippen molar-refractivity contribution in [2.75, 3.05) is 24.7 Å². The second kappa shape index (κ2) is 8.05. The minimum Gasteiger partial charge on any atom is -0.465 e. The molecule has 0 aromatic carbocycles. The molecule has 106 valence electrons. The molecule has 1 unspecified atom stereocenters. The molecule has 0 aromatic rings. The van der Waals surface area contributed by atoms with Crippen molar-refractivity contribution in [1.29, 1.82) is 0 Å². The lowest BCUT2D eigenvalue weighted by Crippen LogP contribution is -2.57. The van der Waals surface area contributed by atoms with Crippen LogP contribution >= 0.6 is 11.8 Å². The Morgan fingerprint density at radius 2 is 2.06 bits per heavy atom. The molecule has 0 aliphatic heterocycles. The van der Waals surface area contributed by atoms with E-state index in [9.17, 15) is 4.79 Å². The van der Waals surface area contributed by atoms with E-state index in [1.54, 1.807) is 0 Å². The zero-order chi connectivity index (χ0) is 13.4. The Labute approximate surface area is 115 Å². The van der Waals surface area contributed by atoms with Crippen LogP contribution in [0, 0.1) is 5.92 Å². The van der Waals surface area contributed by atoms with E-state index >= 15 is 0 Å². The van der Waals surface area contributed by atoms with Crippen LogP contribution in [0.25, 0.3) is 0 Å². The summed E-state index contributed by atoms with van der Waals surface area (Å²) in [7, 11) is 0. The molecular weight excluding hydrogens is 246 g/mol. The number of hydrogen-bond donors (Lipinski definition) is 1. The zero-order valence-electron chi connectivity index (χ0n) is 12.0. The maximum atomic E-state index is 12.3. The van der Waals surface area contributed by atoms with Crippen LogP contribution in [0.1, 0.15) is 46.5 Å². The number of carbonyl (C=O) groups excluding carboxylic acids is 1. The zero-order valence-corrected chi connectivity index (χ0v) is 12.8. The summed E-state index contributed by atoms with van der Waals surface area (Å²) >= 11 is 1.87. The van der Waals surface area contributed by atoms with Crippen molar-refractivity contribution < 1.29 is 9.53 Å². The monoisotopic (exact) mass is 273 g/mol. The number of rotatable bonds is 10. The quantitative estimate of drug-likeness (QED) is 0.491. The summed E-state index contributed by atoms with van der Waals surface area (Å²) in [5.41, 5.74) is -0.425. The van der Waals surface area contributed by atoms with E-state index in [1.165, 1.54) is 0 Å². The molecule has 3 nitrogen and oxygen atoms in total. The number of ether oxygens (including phenoxy) is 1. The molecule has 0 bridgehead atoms. The maximum absolute atomic E-state index is 12.3. The number of carbonyl (C=O) groups is 1. The number of hydrogen-bond acceptors (Lipinski definition) is 4. The molecule has 1 fully saturated rings. The van der Waals surface area contributed by atoms with Crippen molar-refractivity contribution in [1.82, 2.24) is 5.32 Å². The first-order valence-corrected chi connectivity index (χ1v) is 8.36. The van der Waals surface area contributed by atoms with Gasteiger partial charge >= 0.3 is 5.97 Å². The van der Waals surface area contributed by atoms with Crippen molar-refractivity contribution in [3.8, 4) is 0 Å². The Balaban J connectivity index is 2.69. The predicted octanol–water partition coefficient (Wildman–Crippen LogP) is 2.84. The lowest BCUT2D eigenvalue weighted by atomic mass is 9.95. The fraction of sp³-hybridized carbons (Fsp3) is 0.929. The molecule has 0 radical (unpaired) electrons. The lowest BCUT2D eigenvalue weighted by Gasteiger charge is -2.32. The van der Waals surface area contributed by atoms with Crippen LogP contribution in [0.4, 0.5) is 0 Å². The van der Waals surface area contributed by atoms with Gasteiger partial charge in [-0.2, -0.15) is 11.8 Å². The fourth-order valence-electron chi connectivity index (χ4n) is 2.17. The van der Waals surface area contributed by atoms with Crippen LogP contribution in [0.5, 0.6) is 0 Å². The van der Waals surface area contributed by atoms with Gasteiger partial charge in [-0.05, 0) is 50.8 Å². The van der Waals surface area contributed by atoms with Gasteiger partial charge in [-0.3, -0.25) is 4.79 Å². The van der Waals surface area contributed by atoms with Crippen molar-refractivity contribution >= 4 is 17.7 Å². The molecule has 18 heavy (non-hydrogen) atoms. The van der Waals surface area contributed by atoms with Crippen LogP contribution < -0.4 is 5.32 Å². The van der Waals surface area contributed by atoms with E-state index in [1.807, 2.05) is 18.7 Å². The van der Waals surface area contributed by atoms with Crippen LogP contribution in [0.2, 0.25) is 0 Å². The Hall–Kier alpha value is -0.220. The van der Waals surface area contributed by atoms with E-state index in [0.717, 1.165) is 43.7 Å². The van der Waals surface area contributed by atoms with Crippen molar-refractivity contribution in [2.45, 2.75) is 52.0 Å². The summed E-state index contributed by atoms with van der Waals surface area (Å²) in [5, 5.41) is 3.49. The fourth-order valence-corrected chi connectivity index (χ4v) is 3.38. The van der Waals surface area contributed by atoms with Crippen LogP contribution in [-0.4, -0.2) is 36.2 Å². The molecule has 0 saturated heterocycles. The largest absolute Gasteiger partial charge is 0.465 e. The lowest BCUT2D eigenvalue weighted by molar-refractivity contribution is -0.151. The van der Waals surface area contributed by atoms with Gasteiger partial charge in [-0.25, -0.2) is 0 Å². The highest BCUT2D eigenvalue weighted by atomic mass is 32.2. The number of thioether (sulfide) groups is 1. The molecule has 1 N–H and O–H groups in total. The Kier molecular flexibility index (Phi) is 7.08. The Morgan fingerprint density at radius 1 is 1.33 bits per heavy atom. The van der Waals surface area contributed by atoms with E-state index in [-0.39, 0.29) is 5.97 Å². The SMILES string of the molecule is CCCNC(CSCCC)(C(=O)OCC)C1CC1. The number of esters is 1. The number of nitrogens with one attached hydrogen (secondary N) is 1. The third-order valence-electron chi connectivity index (χ3n) is 3.28. The molecule has 1 aliphatic carbocycles. The van der Waals surface area contributed by atoms with Crippen molar-refractivity contribution in [3.63, 3.8) is 0 Å². The summed E-state index contributed by atoms with van der Waals surface area (Å²) in [6.45, 7) is 7.56. The third-order valence-corrected chi connectivity index (χ3v) is 4.64. The van der Waals surface area contributed by atoms with Crippen LogP contribution in [0.3, 0.4) is 0 Å². The van der Waals surface area contributed by atoms with Gasteiger partial charge in [0.15, 0.2) is 0 Å². The first-order valence-electron chi connectivity index (χ1n) is 7.21. The maximum Gasteiger partial charge on any atom is 0.327 e. The molecule has 0 heterocycles. The van der Waals surface area contributed by atoms with Gasteiger partial charge in [0.05, 0.1) is 6.61 Å². The van der Waals surface area contributed by atoms with Crippen molar-refractivity contribution in [3.05, 3.63) is 0 Å². The molecule has 1 rings (SSSR count). The van der Waals surface area contributed by atoms with Gasteiger partial charge in [0.2, 0.25) is 0 Å². The average Bonchev–Trinajstić information content (AvgIpc) is 3.18. The smallest absolute Gasteiger partial charge is 0.327 e. The van der Waals surface area contributed by atoms with Crippen LogP contribution in [-0.2, 0) is 9.53 Å². The average molecular weight is 273 g/mol. The topological polar surface area (TPSA) is 38.3 Å². The summed E-state index contributed by atoms with van der Waals surface area (Å²) in [6.07, 6.45) is 4.51. The van der Waals surface area contributed by atoms with Gasteiger partial charge in [0.1, 0.15) is 5.54 Å². The predicted molar refractivity (Wildman–Crippen MR) is 78.0 cm³/mol. The Morgan fingerprint density at radius 3 is 2.56 bits per heavy atom. The van der Waals surface area contributed by atoms with Crippen molar-refractivity contribution in [2.24, 2.45) is 5.92 Å². The van der Waals surface area contributed by atoms with Gasteiger partial charge in [0.25, 0.3) is 0 Å². The minimum absolute atomic E-state index is 0.0375. The highest BCUT2D eigenvalue weighted by Crippen LogP contribution is 2.42. The van der Waals surface area contributed by atoms with E-state index < -0.39 is 5.54 Å². The van der Waals surface area contributed by atoms with Gasteiger partial charge in [-0.15, -0.1) is 0 Å². The summed E-state index contributed by atoms with van der Waals surface area (Å²) in [4.78, 5) is 12.3. The normalized spacial score (nSPS) is 18.4. The molecule has 1 aliphatic rings. The summed E-state index contributed by atoms with van der Waals surface area (Å²) < 4.78 is 5.32. The molecular formula is C14H27NO2S. The van der Waals surface area contributed by atoms with E-state index in [0.29, 0.717) is 12.5 Å². The molecule has 0 spiro atoms. The second-order valence-corrected chi connectivity index (χ2v) is 6.05. The Bertz CT molecular complexity index is 256. The highest BCUT2D eigenvalue weighted by Gasteiger charge is 2.51. The van der Waals surface area contributed by atoms with Gasteiger partial charge in [0, 0.05) is 5.75 Å². The van der Waals surface area contributed by atoms with Gasteiger partial charge in [-0.1, -0.05) is 13.8 Å². The first kappa shape index (κ1) is 15.8. The molecule has 0 aromatic heterocycles. The van der Waals surface area contributed by atoms with Gasteiger partial charge < -0.3 is 10.1 Å². The first-order chi connectivity index (χ1) is 8.71. The summed E-state index contributed by atoms with van der Waals surface area (Å²) in [5.74, 6) is 2.41. The second-order valence-electron chi connectivity index (χ2n) is 4.95.